The van der Waals surface area contributed by atoms with E-state index in [1.165, 1.54) is 6.07 Å². The van der Waals surface area contributed by atoms with Crippen molar-refractivity contribution < 1.29 is 70.5 Å². The third-order valence-corrected chi connectivity index (χ3v) is 0.691. The van der Waals surface area contributed by atoms with Gasteiger partial charge in [0.25, 0.3) is 0 Å². The summed E-state index contributed by atoms with van der Waals surface area (Å²) in [6.07, 6.45) is 0. The monoisotopic (exact) mass is 271 g/mol. The number of aromatic hydroxyl groups is 1. The van der Waals surface area contributed by atoms with Gasteiger partial charge in [-0.15, -0.1) is 12.1 Å². The van der Waals surface area contributed by atoms with E-state index < -0.39 is 0 Å². The summed E-state index contributed by atoms with van der Waals surface area (Å²) in [6, 6.07) is 9.30. The van der Waals surface area contributed by atoms with E-state index in [9.17, 15) is 0 Å². The molecular formula is C6H5OY2-. The molecule has 0 heterocycles. The van der Waals surface area contributed by atoms with Gasteiger partial charge >= 0.3 is 0 Å². The van der Waals surface area contributed by atoms with E-state index in [0.717, 1.165) is 0 Å². The Labute approximate surface area is 105 Å². The smallest absolute Gasteiger partial charge is 0.00321 e. The Hall–Kier alpha value is 1.23. The van der Waals surface area contributed by atoms with Gasteiger partial charge in [0.15, 0.2) is 0 Å². The minimum absolute atomic E-state index is 0. The molecule has 1 aromatic carbocycles. The van der Waals surface area contributed by atoms with Gasteiger partial charge in [0.05, 0.1) is 0 Å². The maximum absolute atomic E-state index is 8.60. The first kappa shape index (κ1) is 12.9. The molecule has 0 spiro atoms. The zero-order valence-electron chi connectivity index (χ0n) is 4.91. The normalized spacial score (nSPS) is 6.67. The molecule has 1 aromatic rings. The molecule has 0 aliphatic rings. The fraction of sp³-hybridized carbons (Fsp3) is 0. The second kappa shape index (κ2) is 7.34. The molecular weight excluding hydrogens is 266 g/mol. The zero-order chi connectivity index (χ0) is 5.11. The van der Waals surface area contributed by atoms with Crippen LogP contribution < -0.4 is 0 Å². The number of phenolic OH excluding ortho intramolecular Hbond substituents is 1. The van der Waals surface area contributed by atoms with Crippen molar-refractivity contribution >= 4 is 0 Å². The van der Waals surface area contributed by atoms with Crippen LogP contribution in [-0.2, 0) is 65.4 Å². The molecule has 1 rings (SSSR count). The van der Waals surface area contributed by atoms with Crippen molar-refractivity contribution in [3.8, 4) is 5.75 Å². The summed E-state index contributed by atoms with van der Waals surface area (Å²) in [4.78, 5) is 0. The molecule has 42 valence electrons. The van der Waals surface area contributed by atoms with Crippen LogP contribution in [0.5, 0.6) is 5.75 Å². The maximum atomic E-state index is 8.60. The van der Waals surface area contributed by atoms with Crippen molar-refractivity contribution in [3.63, 3.8) is 0 Å². The predicted molar refractivity (Wildman–Crippen MR) is 26.9 cm³/mol. The Morgan fingerprint density at radius 1 is 1.33 bits per heavy atom. The standard InChI is InChI=1S/C6H5O.2Y/c7-6-4-2-1-3-5-6;;/h1-2,4-5,7H;;/q-1;;. The van der Waals surface area contributed by atoms with Crippen molar-refractivity contribution in [1.29, 1.82) is 0 Å². The van der Waals surface area contributed by atoms with E-state index in [0.29, 0.717) is 0 Å². The van der Waals surface area contributed by atoms with E-state index in [-0.39, 0.29) is 71.2 Å². The van der Waals surface area contributed by atoms with Crippen LogP contribution in [-0.4, -0.2) is 5.11 Å². The summed E-state index contributed by atoms with van der Waals surface area (Å²) in [5.41, 5.74) is 0. The molecule has 0 aliphatic heterocycles. The number of hydrogen-bond donors (Lipinski definition) is 1. The van der Waals surface area contributed by atoms with Crippen molar-refractivity contribution in [2.75, 3.05) is 0 Å². The number of hydrogen-bond acceptors (Lipinski definition) is 1. The molecule has 0 atom stereocenters. The zero-order valence-corrected chi connectivity index (χ0v) is 10.6. The van der Waals surface area contributed by atoms with Gasteiger partial charge < -0.3 is 5.11 Å². The van der Waals surface area contributed by atoms with E-state index >= 15 is 0 Å². The van der Waals surface area contributed by atoms with Crippen molar-refractivity contribution in [2.45, 2.75) is 0 Å². The quantitative estimate of drug-likeness (QED) is 0.703. The minimum atomic E-state index is 0. The van der Waals surface area contributed by atoms with Crippen LogP contribution in [0.3, 0.4) is 0 Å². The number of benzene rings is 1. The van der Waals surface area contributed by atoms with Crippen LogP contribution >= 0.6 is 0 Å². The fourth-order valence-electron chi connectivity index (χ4n) is 0.384. The van der Waals surface area contributed by atoms with Gasteiger partial charge in [-0.05, 0) is 0 Å². The average molecular weight is 271 g/mol. The molecule has 0 amide bonds. The molecule has 0 aliphatic carbocycles. The van der Waals surface area contributed by atoms with Gasteiger partial charge in [0, 0.05) is 71.2 Å². The Morgan fingerprint density at radius 2 is 2.00 bits per heavy atom. The van der Waals surface area contributed by atoms with Gasteiger partial charge in [-0.2, -0.15) is 18.2 Å². The minimum Gasteiger partial charge on any atom is -0.566 e. The molecule has 0 unspecified atom stereocenters. The Morgan fingerprint density at radius 3 is 2.22 bits per heavy atom. The van der Waals surface area contributed by atoms with E-state index in [2.05, 4.69) is 6.07 Å². The molecule has 0 saturated heterocycles. The SMILES string of the molecule is Oc1c[c-]ccc1.[Y].[Y]. The number of rotatable bonds is 0. The molecule has 1 nitrogen and oxygen atoms in total. The average Bonchev–Trinajstić information content (AvgIpc) is 1.69. The first-order valence-corrected chi connectivity index (χ1v) is 2.04. The van der Waals surface area contributed by atoms with E-state index in [1.807, 2.05) is 0 Å². The largest absolute Gasteiger partial charge is 0.566 e. The van der Waals surface area contributed by atoms with Crippen LogP contribution in [0, 0.1) is 6.07 Å². The summed E-state index contributed by atoms with van der Waals surface area (Å²) in [5.74, 6) is 0.266. The van der Waals surface area contributed by atoms with Crippen molar-refractivity contribution in [3.05, 3.63) is 30.3 Å². The molecule has 1 N–H and O–H groups in total. The molecule has 3 heteroatoms. The second-order valence-electron chi connectivity index (χ2n) is 1.26. The number of phenols is 1. The molecule has 0 aromatic heterocycles. The molecule has 9 heavy (non-hydrogen) atoms. The van der Waals surface area contributed by atoms with Gasteiger partial charge in [0.2, 0.25) is 0 Å². The summed E-state index contributed by atoms with van der Waals surface area (Å²) in [7, 11) is 0. The van der Waals surface area contributed by atoms with Crippen LogP contribution in [0.15, 0.2) is 24.3 Å². The van der Waals surface area contributed by atoms with Crippen molar-refractivity contribution in [1.82, 2.24) is 0 Å². The third-order valence-electron chi connectivity index (χ3n) is 0.691. The Bertz CT molecular complexity index is 141. The van der Waals surface area contributed by atoms with E-state index in [1.54, 1.807) is 18.2 Å². The first-order chi connectivity index (χ1) is 3.39. The van der Waals surface area contributed by atoms with Crippen molar-refractivity contribution in [2.24, 2.45) is 0 Å². The summed E-state index contributed by atoms with van der Waals surface area (Å²) in [6.45, 7) is 0. The van der Waals surface area contributed by atoms with E-state index in [4.69, 9.17) is 5.11 Å². The predicted octanol–water partition coefficient (Wildman–Crippen LogP) is 1.19. The summed E-state index contributed by atoms with van der Waals surface area (Å²) in [5, 5.41) is 8.60. The second-order valence-corrected chi connectivity index (χ2v) is 1.26. The first-order valence-electron chi connectivity index (χ1n) is 2.04. The van der Waals surface area contributed by atoms with Gasteiger partial charge in [0.1, 0.15) is 0 Å². The molecule has 0 bridgehead atoms. The fourth-order valence-corrected chi connectivity index (χ4v) is 0.384. The van der Waals surface area contributed by atoms with Crippen LogP contribution in [0.2, 0.25) is 0 Å². The Balaban J connectivity index is 0. The van der Waals surface area contributed by atoms with Gasteiger partial charge in [-0.25, -0.2) is 0 Å². The third kappa shape index (κ3) is 5.66. The van der Waals surface area contributed by atoms with Crippen LogP contribution in [0.25, 0.3) is 0 Å². The summed E-state index contributed by atoms with van der Waals surface area (Å²) >= 11 is 0. The van der Waals surface area contributed by atoms with Crippen LogP contribution in [0.1, 0.15) is 0 Å². The van der Waals surface area contributed by atoms with Gasteiger partial charge in [-0.1, -0.05) is 0 Å². The molecule has 2 radical (unpaired) electrons. The van der Waals surface area contributed by atoms with Gasteiger partial charge in [-0.3, -0.25) is 0 Å². The molecule has 0 saturated carbocycles. The van der Waals surface area contributed by atoms with Crippen LogP contribution in [0.4, 0.5) is 0 Å². The summed E-state index contributed by atoms with van der Waals surface area (Å²) < 4.78 is 0. The molecule has 0 fully saturated rings. The topological polar surface area (TPSA) is 20.2 Å². The Kier molecular flexibility index (Phi) is 10.5. The maximum Gasteiger partial charge on any atom is 0.00321 e.